The summed E-state index contributed by atoms with van der Waals surface area (Å²) in [5.41, 5.74) is 3.58. The van der Waals surface area contributed by atoms with Gasteiger partial charge < -0.3 is 9.47 Å². The maximum absolute atomic E-state index is 13.4. The van der Waals surface area contributed by atoms with E-state index in [1.807, 2.05) is 48.2 Å². The number of ether oxygens (including phenoxy) is 2. The van der Waals surface area contributed by atoms with E-state index in [1.54, 1.807) is 24.3 Å². The maximum Gasteiger partial charge on any atom is 0.338 e. The highest BCUT2D eigenvalue weighted by molar-refractivity contribution is 8.02. The third-order valence-electron chi connectivity index (χ3n) is 8.54. The van der Waals surface area contributed by atoms with Crippen LogP contribution in [0.15, 0.2) is 97.1 Å². The lowest BCUT2D eigenvalue weighted by molar-refractivity contribution is -0.0706. The molecule has 0 aromatic heterocycles. The summed E-state index contributed by atoms with van der Waals surface area (Å²) in [7, 11) is 0. The van der Waals surface area contributed by atoms with E-state index in [9.17, 15) is 9.59 Å². The summed E-state index contributed by atoms with van der Waals surface area (Å²) in [6.07, 6.45) is -1.21. The van der Waals surface area contributed by atoms with Crippen LogP contribution in [0.4, 0.5) is 0 Å². The smallest absolute Gasteiger partial charge is 0.338 e. The highest BCUT2D eigenvalue weighted by Crippen LogP contribution is 2.76. The van der Waals surface area contributed by atoms with Crippen molar-refractivity contribution in [1.29, 1.82) is 0 Å². The van der Waals surface area contributed by atoms with Crippen LogP contribution in [0, 0.1) is 0 Å². The van der Waals surface area contributed by atoms with Crippen molar-refractivity contribution >= 4 is 34.5 Å². The minimum absolute atomic E-state index is 0.142. The van der Waals surface area contributed by atoms with Crippen LogP contribution in [0.1, 0.15) is 57.5 Å². The lowest BCUT2D eigenvalue weighted by Crippen LogP contribution is -2.56. The molecule has 6 unspecified atom stereocenters. The monoisotopic (exact) mass is 506 g/mol. The molecule has 2 heterocycles. The second kappa shape index (κ2) is 7.96. The minimum atomic E-state index is -0.603. The summed E-state index contributed by atoms with van der Waals surface area (Å²) in [4.78, 5) is 26.7. The first-order chi connectivity index (χ1) is 17.9. The van der Waals surface area contributed by atoms with E-state index in [1.165, 1.54) is 21.9 Å². The molecule has 2 aliphatic heterocycles. The van der Waals surface area contributed by atoms with Crippen LogP contribution in [-0.4, -0.2) is 33.6 Å². The van der Waals surface area contributed by atoms with Gasteiger partial charge in [0.25, 0.3) is 0 Å². The summed E-state index contributed by atoms with van der Waals surface area (Å²) in [5, 5.41) is 2.51. The molecule has 0 saturated carbocycles. The minimum Gasteiger partial charge on any atom is -0.453 e. The molecule has 2 saturated heterocycles. The van der Waals surface area contributed by atoms with Crippen LogP contribution in [0.3, 0.4) is 0 Å². The van der Waals surface area contributed by atoms with Crippen LogP contribution in [0.2, 0.25) is 0 Å². The summed E-state index contributed by atoms with van der Waals surface area (Å²) in [6.45, 7) is 4.37. The molecule has 0 spiro atoms. The zero-order chi connectivity index (χ0) is 25.4. The van der Waals surface area contributed by atoms with E-state index in [2.05, 4.69) is 50.2 Å². The van der Waals surface area contributed by atoms with Gasteiger partial charge in [0, 0.05) is 11.8 Å². The molecule has 2 bridgehead atoms. The third kappa shape index (κ3) is 3.10. The Kier molecular flexibility index (Phi) is 4.87. The molecule has 0 N–H and O–H groups in total. The van der Waals surface area contributed by atoms with Gasteiger partial charge in [-0.15, -0.1) is 11.8 Å². The first-order valence-electron chi connectivity index (χ1n) is 12.7. The summed E-state index contributed by atoms with van der Waals surface area (Å²) in [5.74, 6) is -0.503. The van der Waals surface area contributed by atoms with E-state index in [0.29, 0.717) is 11.1 Å². The fourth-order valence-corrected chi connectivity index (χ4v) is 9.40. The second-order valence-electron chi connectivity index (χ2n) is 10.6. The van der Waals surface area contributed by atoms with Crippen molar-refractivity contribution in [3.63, 3.8) is 0 Å². The van der Waals surface area contributed by atoms with Crippen LogP contribution < -0.4 is 0 Å². The number of thioether (sulfide) groups is 1. The van der Waals surface area contributed by atoms with Crippen LogP contribution in [0.5, 0.6) is 0 Å². The molecular weight excluding hydrogens is 480 g/mol. The Hall–Kier alpha value is -3.57. The summed E-state index contributed by atoms with van der Waals surface area (Å²) in [6, 6.07) is 31.0. The molecule has 3 aliphatic rings. The Morgan fingerprint density at radius 2 is 1.05 bits per heavy atom. The topological polar surface area (TPSA) is 52.6 Å². The molecule has 184 valence electrons. The molecule has 4 aromatic carbocycles. The Morgan fingerprint density at radius 1 is 0.622 bits per heavy atom. The van der Waals surface area contributed by atoms with Crippen molar-refractivity contribution in [1.82, 2.24) is 0 Å². The fourth-order valence-electron chi connectivity index (χ4n) is 7.10. The van der Waals surface area contributed by atoms with E-state index >= 15 is 0 Å². The largest absolute Gasteiger partial charge is 0.453 e. The lowest BCUT2D eigenvalue weighted by Gasteiger charge is -2.45. The van der Waals surface area contributed by atoms with Gasteiger partial charge in [-0.1, -0.05) is 72.8 Å². The number of hydrogen-bond acceptors (Lipinski definition) is 5. The summed E-state index contributed by atoms with van der Waals surface area (Å²) < 4.78 is 11.7. The predicted octanol–water partition coefficient (Wildman–Crippen LogP) is 6.75. The van der Waals surface area contributed by atoms with Gasteiger partial charge >= 0.3 is 11.9 Å². The molecule has 4 nitrogen and oxygen atoms in total. The van der Waals surface area contributed by atoms with Crippen molar-refractivity contribution in [2.45, 2.75) is 47.4 Å². The molecule has 5 heteroatoms. The number of esters is 2. The number of carbonyl (C=O) groups excluding carboxylic acids is 2. The lowest BCUT2D eigenvalue weighted by atomic mass is 9.64. The van der Waals surface area contributed by atoms with Gasteiger partial charge in [-0.05, 0) is 60.0 Å². The quantitative estimate of drug-likeness (QED) is 0.287. The number of hydrogen-bond donors (Lipinski definition) is 0. The molecule has 0 radical (unpaired) electrons. The van der Waals surface area contributed by atoms with Gasteiger partial charge in [0.15, 0.2) is 12.2 Å². The maximum atomic E-state index is 13.4. The normalized spacial score (nSPS) is 30.8. The van der Waals surface area contributed by atoms with Gasteiger partial charge in [0.1, 0.15) is 0 Å². The third-order valence-corrected chi connectivity index (χ3v) is 10.4. The highest BCUT2D eigenvalue weighted by atomic mass is 32.2. The Morgan fingerprint density at radius 3 is 1.49 bits per heavy atom. The number of rotatable bonds is 4. The second-order valence-corrected chi connectivity index (χ2v) is 12.6. The first-order valence-corrected chi connectivity index (χ1v) is 13.5. The van der Waals surface area contributed by atoms with Gasteiger partial charge in [0.05, 0.1) is 20.6 Å². The average molecular weight is 507 g/mol. The first kappa shape index (κ1) is 22.6. The Bertz CT molecular complexity index is 1440. The predicted molar refractivity (Wildman–Crippen MR) is 145 cm³/mol. The van der Waals surface area contributed by atoms with Gasteiger partial charge in [0.2, 0.25) is 0 Å². The highest BCUT2D eigenvalue weighted by Gasteiger charge is 2.76. The van der Waals surface area contributed by atoms with E-state index in [0.717, 1.165) is 0 Å². The number of carbonyl (C=O) groups is 2. The molecule has 4 aromatic rings. The number of benzene rings is 4. The Labute approximate surface area is 220 Å². The molecule has 1 aliphatic carbocycles. The zero-order valence-corrected chi connectivity index (χ0v) is 21.4. The number of fused-ring (bicyclic) bond motifs is 7. The molecule has 7 rings (SSSR count). The molecule has 2 fully saturated rings. The van der Waals surface area contributed by atoms with E-state index in [4.69, 9.17) is 9.47 Å². The average Bonchev–Trinajstić information content (AvgIpc) is 3.48. The standard InChI is InChI=1S/C32H26O4S/c1-31-25-22-17-9-15-19-16-10-18-23(24(19)22)26(25)32(2,37-31)28(36-30(34)21-13-7-4-8-14-21)27(31)35-29(33)20-11-5-3-6-12-20/h3-18,25-28H,1-2H3. The Balaban J connectivity index is 1.35. The SMILES string of the molecule is CC12SC(C)(C(OC(=O)c3ccccc3)C1OC(=O)c1ccccc1)C1c3cccc4cccc(c34)C12. The van der Waals surface area contributed by atoms with Crippen molar-refractivity contribution in [3.05, 3.63) is 119 Å². The molecule has 6 atom stereocenters. The van der Waals surface area contributed by atoms with E-state index in [-0.39, 0.29) is 11.8 Å². The van der Waals surface area contributed by atoms with Crippen LogP contribution in [-0.2, 0) is 9.47 Å². The van der Waals surface area contributed by atoms with Gasteiger partial charge in [-0.25, -0.2) is 9.59 Å². The summed E-state index contributed by atoms with van der Waals surface area (Å²) >= 11 is 1.81. The van der Waals surface area contributed by atoms with Gasteiger partial charge in [-0.3, -0.25) is 0 Å². The molecular formula is C32H26O4S. The van der Waals surface area contributed by atoms with Crippen molar-refractivity contribution in [2.24, 2.45) is 0 Å². The molecule has 37 heavy (non-hydrogen) atoms. The van der Waals surface area contributed by atoms with Crippen LogP contribution in [0.25, 0.3) is 10.8 Å². The van der Waals surface area contributed by atoms with Gasteiger partial charge in [-0.2, -0.15) is 0 Å². The van der Waals surface area contributed by atoms with Crippen LogP contribution >= 0.6 is 11.8 Å². The molecule has 0 amide bonds. The zero-order valence-electron chi connectivity index (χ0n) is 20.6. The van der Waals surface area contributed by atoms with Crippen molar-refractivity contribution in [2.75, 3.05) is 0 Å². The van der Waals surface area contributed by atoms with Crippen molar-refractivity contribution < 1.29 is 19.1 Å². The van der Waals surface area contributed by atoms with E-state index < -0.39 is 33.6 Å². The fraction of sp³-hybridized carbons (Fsp3) is 0.250. The van der Waals surface area contributed by atoms with Crippen molar-refractivity contribution in [3.8, 4) is 0 Å².